The van der Waals surface area contributed by atoms with Gasteiger partial charge in [-0.3, -0.25) is 4.79 Å². The molecule has 19 heavy (non-hydrogen) atoms. The molecule has 0 radical (unpaired) electrons. The van der Waals surface area contributed by atoms with E-state index >= 15 is 0 Å². The van der Waals surface area contributed by atoms with Crippen LogP contribution < -0.4 is 21.7 Å². The number of piperidine rings is 1. The molecule has 1 heterocycles. The van der Waals surface area contributed by atoms with E-state index in [-0.39, 0.29) is 5.91 Å². The maximum atomic E-state index is 12.0. The van der Waals surface area contributed by atoms with Gasteiger partial charge in [0.05, 0.1) is 0 Å². The van der Waals surface area contributed by atoms with E-state index in [0.29, 0.717) is 18.9 Å². The molecule has 1 saturated heterocycles. The van der Waals surface area contributed by atoms with Crippen molar-refractivity contribution in [3.05, 3.63) is 0 Å². The first kappa shape index (κ1) is 15.8. The van der Waals surface area contributed by atoms with Crippen molar-refractivity contribution in [2.24, 2.45) is 11.7 Å². The van der Waals surface area contributed by atoms with E-state index in [0.717, 1.165) is 38.8 Å². The number of carbonyl (C=O) groups excluding carboxylic acids is 2. The number of primary amides is 1. The van der Waals surface area contributed by atoms with E-state index in [2.05, 4.69) is 16.0 Å². The number of hydrogen-bond donors (Lipinski definition) is 4. The van der Waals surface area contributed by atoms with Crippen LogP contribution in [-0.2, 0) is 4.79 Å². The Morgan fingerprint density at radius 3 is 2.84 bits per heavy atom. The smallest absolute Gasteiger partial charge is 0.312 e. The van der Waals surface area contributed by atoms with Gasteiger partial charge in [0.2, 0.25) is 5.91 Å². The first-order valence-corrected chi connectivity index (χ1v) is 7.18. The number of urea groups is 1. The largest absolute Gasteiger partial charge is 0.354 e. The summed E-state index contributed by atoms with van der Waals surface area (Å²) in [6.45, 7) is 4.72. The molecule has 1 aliphatic heterocycles. The van der Waals surface area contributed by atoms with E-state index in [1.807, 2.05) is 6.92 Å². The van der Waals surface area contributed by atoms with Crippen molar-refractivity contribution in [3.63, 3.8) is 0 Å². The van der Waals surface area contributed by atoms with Crippen LogP contribution in [0.1, 0.15) is 39.0 Å². The van der Waals surface area contributed by atoms with Crippen molar-refractivity contribution in [1.82, 2.24) is 16.0 Å². The molecule has 0 aromatic heterocycles. The van der Waals surface area contributed by atoms with Crippen LogP contribution >= 0.6 is 0 Å². The fraction of sp³-hybridized carbons (Fsp3) is 0.846. The Morgan fingerprint density at radius 1 is 1.47 bits per heavy atom. The van der Waals surface area contributed by atoms with E-state index in [9.17, 15) is 9.59 Å². The minimum Gasteiger partial charge on any atom is -0.354 e. The Hall–Kier alpha value is -1.30. The van der Waals surface area contributed by atoms with Crippen molar-refractivity contribution in [3.8, 4) is 0 Å². The first-order valence-electron chi connectivity index (χ1n) is 7.18. The zero-order valence-electron chi connectivity index (χ0n) is 11.7. The Kier molecular flexibility index (Phi) is 7.25. The molecule has 6 nitrogen and oxygen atoms in total. The molecule has 5 N–H and O–H groups in total. The summed E-state index contributed by atoms with van der Waals surface area (Å²) in [5.74, 6) is 0.357. The third-order valence-electron chi connectivity index (χ3n) is 3.44. The van der Waals surface area contributed by atoms with Gasteiger partial charge in [-0.25, -0.2) is 4.79 Å². The maximum Gasteiger partial charge on any atom is 0.312 e. The predicted octanol–water partition coefficient (Wildman–Crippen LogP) is 0.329. The summed E-state index contributed by atoms with van der Waals surface area (Å²) >= 11 is 0. The zero-order chi connectivity index (χ0) is 14.1. The lowest BCUT2D eigenvalue weighted by Gasteiger charge is -2.24. The van der Waals surface area contributed by atoms with Crippen molar-refractivity contribution < 1.29 is 9.59 Å². The van der Waals surface area contributed by atoms with Crippen LogP contribution in [0.15, 0.2) is 0 Å². The van der Waals surface area contributed by atoms with Crippen LogP contribution in [0, 0.1) is 5.92 Å². The minimum atomic E-state index is -0.643. The first-order chi connectivity index (χ1) is 9.13. The number of hydrogen-bond acceptors (Lipinski definition) is 3. The maximum absolute atomic E-state index is 12.0. The quantitative estimate of drug-likeness (QED) is 0.537. The number of rotatable bonds is 7. The summed E-state index contributed by atoms with van der Waals surface area (Å²) in [5, 5.41) is 8.74. The molecule has 0 spiro atoms. The Bertz CT molecular complexity index is 290. The van der Waals surface area contributed by atoms with Gasteiger partial charge in [-0.1, -0.05) is 19.8 Å². The molecular weight excluding hydrogens is 244 g/mol. The molecule has 110 valence electrons. The van der Waals surface area contributed by atoms with Crippen molar-refractivity contribution in [2.75, 3.05) is 19.6 Å². The summed E-state index contributed by atoms with van der Waals surface area (Å²) in [6.07, 6.45) is 4.80. The molecule has 6 heteroatoms. The molecule has 2 unspecified atom stereocenters. The van der Waals surface area contributed by atoms with Gasteiger partial charge in [0, 0.05) is 6.54 Å². The fourth-order valence-electron chi connectivity index (χ4n) is 2.32. The van der Waals surface area contributed by atoms with Gasteiger partial charge < -0.3 is 21.7 Å². The average Bonchev–Trinajstić information content (AvgIpc) is 2.41. The highest BCUT2D eigenvalue weighted by Crippen LogP contribution is 2.08. The molecule has 2 atom stereocenters. The summed E-state index contributed by atoms with van der Waals surface area (Å²) in [7, 11) is 0. The second-order valence-electron chi connectivity index (χ2n) is 5.16. The predicted molar refractivity (Wildman–Crippen MR) is 74.6 cm³/mol. The molecule has 3 amide bonds. The number of carbonyl (C=O) groups is 2. The van der Waals surface area contributed by atoms with Gasteiger partial charge in [0.1, 0.15) is 6.04 Å². The van der Waals surface area contributed by atoms with Gasteiger partial charge >= 0.3 is 6.03 Å². The number of amides is 3. The highest BCUT2D eigenvalue weighted by atomic mass is 16.2. The van der Waals surface area contributed by atoms with Crippen LogP contribution in [0.4, 0.5) is 4.79 Å². The number of nitrogens with two attached hydrogens (primary N) is 1. The van der Waals surface area contributed by atoms with Crippen LogP contribution in [0.3, 0.4) is 0 Å². The Labute approximate surface area is 114 Å². The Balaban J connectivity index is 2.34. The number of unbranched alkanes of at least 4 members (excludes halogenated alkanes) is 1. The highest BCUT2D eigenvalue weighted by Gasteiger charge is 2.20. The average molecular weight is 270 g/mol. The second-order valence-corrected chi connectivity index (χ2v) is 5.16. The molecular formula is C13H26N4O2. The molecule has 0 aromatic carbocycles. The molecule has 1 aliphatic rings. The summed E-state index contributed by atoms with van der Waals surface area (Å²) in [4.78, 5) is 22.9. The highest BCUT2D eigenvalue weighted by molar-refractivity contribution is 5.86. The van der Waals surface area contributed by atoms with E-state index in [1.165, 1.54) is 0 Å². The number of nitrogens with one attached hydrogen (secondary N) is 3. The monoisotopic (exact) mass is 270 g/mol. The van der Waals surface area contributed by atoms with Crippen molar-refractivity contribution in [2.45, 2.75) is 45.1 Å². The Morgan fingerprint density at radius 2 is 2.26 bits per heavy atom. The van der Waals surface area contributed by atoms with Gasteiger partial charge in [-0.2, -0.15) is 0 Å². The SMILES string of the molecule is CCCCC(NC(N)=O)C(=O)NCC1CCCNC1. The lowest BCUT2D eigenvalue weighted by Crippen LogP contribution is -2.50. The summed E-state index contributed by atoms with van der Waals surface area (Å²) in [5.41, 5.74) is 5.10. The van der Waals surface area contributed by atoms with Gasteiger partial charge in [-0.05, 0) is 38.3 Å². The fourth-order valence-corrected chi connectivity index (χ4v) is 2.32. The van der Waals surface area contributed by atoms with Crippen LogP contribution in [0.25, 0.3) is 0 Å². The van der Waals surface area contributed by atoms with Crippen molar-refractivity contribution >= 4 is 11.9 Å². The topological polar surface area (TPSA) is 96.2 Å². The molecule has 0 aliphatic carbocycles. The summed E-state index contributed by atoms with van der Waals surface area (Å²) in [6, 6.07) is -1.15. The lowest BCUT2D eigenvalue weighted by atomic mass is 9.99. The van der Waals surface area contributed by atoms with Gasteiger partial charge in [0.25, 0.3) is 0 Å². The molecule has 0 aromatic rings. The standard InChI is InChI=1S/C13H26N4O2/c1-2-3-6-11(17-13(14)19)12(18)16-9-10-5-4-7-15-8-10/h10-11,15H,2-9H2,1H3,(H,16,18)(H3,14,17,19). The lowest BCUT2D eigenvalue weighted by molar-refractivity contribution is -0.123. The van der Waals surface area contributed by atoms with E-state index in [1.54, 1.807) is 0 Å². The van der Waals surface area contributed by atoms with Crippen LogP contribution in [0.5, 0.6) is 0 Å². The van der Waals surface area contributed by atoms with Gasteiger partial charge in [0.15, 0.2) is 0 Å². The third kappa shape index (κ3) is 6.42. The third-order valence-corrected chi connectivity index (χ3v) is 3.44. The zero-order valence-corrected chi connectivity index (χ0v) is 11.7. The minimum absolute atomic E-state index is 0.127. The molecule has 1 fully saturated rings. The summed E-state index contributed by atoms with van der Waals surface area (Å²) < 4.78 is 0. The van der Waals surface area contributed by atoms with Crippen molar-refractivity contribution in [1.29, 1.82) is 0 Å². The van der Waals surface area contributed by atoms with E-state index in [4.69, 9.17) is 5.73 Å². The van der Waals surface area contributed by atoms with Crippen LogP contribution in [-0.4, -0.2) is 37.6 Å². The van der Waals surface area contributed by atoms with Crippen LogP contribution in [0.2, 0.25) is 0 Å². The second kappa shape index (κ2) is 8.74. The van der Waals surface area contributed by atoms with E-state index < -0.39 is 12.1 Å². The molecule has 0 bridgehead atoms. The van der Waals surface area contributed by atoms with Gasteiger partial charge in [-0.15, -0.1) is 0 Å². The normalized spacial score (nSPS) is 20.6. The molecule has 1 rings (SSSR count). The molecule has 0 saturated carbocycles.